The minimum Gasteiger partial charge on any atom is -0.379 e. The van der Waals surface area contributed by atoms with Gasteiger partial charge in [-0.05, 0) is 17.7 Å². The SMILES string of the molecule is C=CC(=O)Nc1ccccc1CN1CCOCC1. The van der Waals surface area contributed by atoms with Crippen molar-refractivity contribution >= 4 is 11.6 Å². The van der Waals surface area contributed by atoms with Crippen molar-refractivity contribution in [2.45, 2.75) is 6.54 Å². The second kappa shape index (κ2) is 6.33. The molecule has 1 fully saturated rings. The number of para-hydroxylation sites is 1. The third-order valence-electron chi connectivity index (χ3n) is 2.96. The highest BCUT2D eigenvalue weighted by Gasteiger charge is 2.12. The van der Waals surface area contributed by atoms with Gasteiger partial charge in [-0.2, -0.15) is 0 Å². The highest BCUT2D eigenvalue weighted by molar-refractivity contribution is 5.99. The van der Waals surface area contributed by atoms with Gasteiger partial charge < -0.3 is 10.1 Å². The number of morpholine rings is 1. The molecular weight excluding hydrogens is 228 g/mol. The van der Waals surface area contributed by atoms with Crippen LogP contribution in [-0.4, -0.2) is 37.1 Å². The van der Waals surface area contributed by atoms with Crippen LogP contribution in [0.5, 0.6) is 0 Å². The number of ether oxygens (including phenoxy) is 1. The van der Waals surface area contributed by atoms with Gasteiger partial charge in [0.2, 0.25) is 5.91 Å². The quantitative estimate of drug-likeness (QED) is 0.821. The minimum absolute atomic E-state index is 0.176. The van der Waals surface area contributed by atoms with Crippen molar-refractivity contribution in [2.75, 3.05) is 31.6 Å². The summed E-state index contributed by atoms with van der Waals surface area (Å²) in [5, 5.41) is 2.83. The number of rotatable bonds is 4. The van der Waals surface area contributed by atoms with Gasteiger partial charge >= 0.3 is 0 Å². The summed E-state index contributed by atoms with van der Waals surface area (Å²) in [7, 11) is 0. The second-order valence-electron chi connectivity index (χ2n) is 4.24. The molecule has 0 atom stereocenters. The molecule has 0 unspecified atom stereocenters. The van der Waals surface area contributed by atoms with E-state index in [4.69, 9.17) is 4.74 Å². The van der Waals surface area contributed by atoms with E-state index in [0.717, 1.165) is 44.1 Å². The van der Waals surface area contributed by atoms with Crippen molar-refractivity contribution in [3.8, 4) is 0 Å². The molecule has 1 aliphatic rings. The number of nitrogens with one attached hydrogen (secondary N) is 1. The molecule has 0 saturated carbocycles. The largest absolute Gasteiger partial charge is 0.379 e. The average Bonchev–Trinajstić information content (AvgIpc) is 2.42. The highest BCUT2D eigenvalue weighted by atomic mass is 16.5. The Balaban J connectivity index is 2.06. The van der Waals surface area contributed by atoms with Gasteiger partial charge in [0.15, 0.2) is 0 Å². The number of amides is 1. The predicted molar refractivity (Wildman–Crippen MR) is 71.4 cm³/mol. The molecule has 1 saturated heterocycles. The average molecular weight is 246 g/mol. The monoisotopic (exact) mass is 246 g/mol. The zero-order chi connectivity index (χ0) is 12.8. The number of benzene rings is 1. The fourth-order valence-electron chi connectivity index (χ4n) is 1.96. The topological polar surface area (TPSA) is 41.6 Å². The molecule has 96 valence electrons. The number of hydrogen-bond donors (Lipinski definition) is 1. The first kappa shape index (κ1) is 12.8. The summed E-state index contributed by atoms with van der Waals surface area (Å²) in [4.78, 5) is 13.7. The van der Waals surface area contributed by atoms with Crippen LogP contribution in [0, 0.1) is 0 Å². The Kier molecular flexibility index (Phi) is 4.50. The predicted octanol–water partition coefficient (Wildman–Crippen LogP) is 1.64. The normalized spacial score (nSPS) is 16.2. The van der Waals surface area contributed by atoms with Crippen molar-refractivity contribution in [1.29, 1.82) is 0 Å². The first-order valence-electron chi connectivity index (χ1n) is 6.11. The number of carbonyl (C=O) groups excluding carboxylic acids is 1. The second-order valence-corrected chi connectivity index (χ2v) is 4.24. The Morgan fingerprint density at radius 2 is 2.11 bits per heavy atom. The summed E-state index contributed by atoms with van der Waals surface area (Å²) < 4.78 is 5.32. The van der Waals surface area contributed by atoms with Gasteiger partial charge in [0.1, 0.15) is 0 Å². The van der Waals surface area contributed by atoms with Crippen LogP contribution in [0.4, 0.5) is 5.69 Å². The van der Waals surface area contributed by atoms with Crippen molar-refractivity contribution in [3.05, 3.63) is 42.5 Å². The lowest BCUT2D eigenvalue weighted by Crippen LogP contribution is -2.35. The summed E-state index contributed by atoms with van der Waals surface area (Å²) in [6.45, 7) is 7.72. The lowest BCUT2D eigenvalue weighted by atomic mass is 10.1. The van der Waals surface area contributed by atoms with Crippen LogP contribution >= 0.6 is 0 Å². The summed E-state index contributed by atoms with van der Waals surface area (Å²) in [5.74, 6) is -0.176. The zero-order valence-corrected chi connectivity index (χ0v) is 10.4. The van der Waals surface area contributed by atoms with Gasteiger partial charge in [0.05, 0.1) is 13.2 Å². The fourth-order valence-corrected chi connectivity index (χ4v) is 1.96. The minimum atomic E-state index is -0.176. The Labute approximate surface area is 107 Å². The van der Waals surface area contributed by atoms with Gasteiger partial charge in [-0.25, -0.2) is 0 Å². The number of hydrogen-bond acceptors (Lipinski definition) is 3. The molecule has 1 aromatic carbocycles. The molecular formula is C14H18N2O2. The molecule has 4 heteroatoms. The van der Waals surface area contributed by atoms with E-state index in [2.05, 4.69) is 16.8 Å². The maximum absolute atomic E-state index is 11.4. The maximum Gasteiger partial charge on any atom is 0.247 e. The molecule has 1 heterocycles. The molecule has 18 heavy (non-hydrogen) atoms. The first-order valence-corrected chi connectivity index (χ1v) is 6.11. The van der Waals surface area contributed by atoms with Crippen molar-refractivity contribution in [1.82, 2.24) is 4.90 Å². The van der Waals surface area contributed by atoms with E-state index in [1.54, 1.807) is 0 Å². The highest BCUT2D eigenvalue weighted by Crippen LogP contribution is 2.17. The van der Waals surface area contributed by atoms with Gasteiger partial charge in [-0.15, -0.1) is 0 Å². The Morgan fingerprint density at radius 1 is 1.39 bits per heavy atom. The van der Waals surface area contributed by atoms with Crippen LogP contribution in [0.1, 0.15) is 5.56 Å². The molecule has 1 amide bonds. The van der Waals surface area contributed by atoms with Gasteiger partial charge in [-0.1, -0.05) is 24.8 Å². The molecule has 0 aromatic heterocycles. The first-order chi connectivity index (χ1) is 8.79. The van der Waals surface area contributed by atoms with Crippen LogP contribution < -0.4 is 5.32 Å². The molecule has 2 rings (SSSR count). The molecule has 0 radical (unpaired) electrons. The Bertz CT molecular complexity index is 426. The zero-order valence-electron chi connectivity index (χ0n) is 10.4. The van der Waals surface area contributed by atoms with Gasteiger partial charge in [-0.3, -0.25) is 9.69 Å². The van der Waals surface area contributed by atoms with Crippen LogP contribution in [0.3, 0.4) is 0 Å². The maximum atomic E-state index is 11.4. The molecule has 4 nitrogen and oxygen atoms in total. The summed E-state index contributed by atoms with van der Waals surface area (Å²) >= 11 is 0. The lowest BCUT2D eigenvalue weighted by molar-refractivity contribution is -0.111. The molecule has 1 aliphatic heterocycles. The van der Waals surface area contributed by atoms with Crippen molar-refractivity contribution in [2.24, 2.45) is 0 Å². The van der Waals surface area contributed by atoms with E-state index in [1.807, 2.05) is 24.3 Å². The van der Waals surface area contributed by atoms with Gasteiger partial charge in [0, 0.05) is 25.3 Å². The van der Waals surface area contributed by atoms with E-state index in [1.165, 1.54) is 6.08 Å². The summed E-state index contributed by atoms with van der Waals surface area (Å²) in [5.41, 5.74) is 1.98. The summed E-state index contributed by atoms with van der Waals surface area (Å²) in [6.07, 6.45) is 1.28. The third-order valence-corrected chi connectivity index (χ3v) is 2.96. The van der Waals surface area contributed by atoms with Gasteiger partial charge in [0.25, 0.3) is 0 Å². The van der Waals surface area contributed by atoms with E-state index >= 15 is 0 Å². The lowest BCUT2D eigenvalue weighted by Gasteiger charge is -2.27. The van der Waals surface area contributed by atoms with Crippen molar-refractivity contribution < 1.29 is 9.53 Å². The number of nitrogens with zero attached hydrogens (tertiary/aromatic N) is 1. The van der Waals surface area contributed by atoms with Crippen LogP contribution in [0.25, 0.3) is 0 Å². The van der Waals surface area contributed by atoms with E-state index in [9.17, 15) is 4.79 Å². The number of anilines is 1. The number of carbonyl (C=O) groups is 1. The van der Waals surface area contributed by atoms with Crippen LogP contribution in [-0.2, 0) is 16.1 Å². The van der Waals surface area contributed by atoms with E-state index in [0.29, 0.717) is 0 Å². The molecule has 0 bridgehead atoms. The van der Waals surface area contributed by atoms with Crippen LogP contribution in [0.2, 0.25) is 0 Å². The molecule has 0 spiro atoms. The fraction of sp³-hybridized carbons (Fsp3) is 0.357. The van der Waals surface area contributed by atoms with E-state index < -0.39 is 0 Å². The summed E-state index contributed by atoms with van der Waals surface area (Å²) in [6, 6.07) is 7.85. The standard InChI is InChI=1S/C14H18N2O2/c1-2-14(17)15-13-6-4-3-5-12(13)11-16-7-9-18-10-8-16/h2-6H,1,7-11H2,(H,15,17). The Morgan fingerprint density at radius 3 is 2.83 bits per heavy atom. The molecule has 1 N–H and O–H groups in total. The van der Waals surface area contributed by atoms with Crippen molar-refractivity contribution in [3.63, 3.8) is 0 Å². The molecule has 1 aromatic rings. The van der Waals surface area contributed by atoms with E-state index in [-0.39, 0.29) is 5.91 Å². The Hall–Kier alpha value is -1.65. The van der Waals surface area contributed by atoms with Crippen LogP contribution in [0.15, 0.2) is 36.9 Å². The molecule has 0 aliphatic carbocycles. The smallest absolute Gasteiger partial charge is 0.247 e. The third kappa shape index (κ3) is 3.42.